The van der Waals surface area contributed by atoms with Crippen LogP contribution in [-0.2, 0) is 6.42 Å². The molecule has 1 aromatic carbocycles. The predicted octanol–water partition coefficient (Wildman–Crippen LogP) is 2.40. The van der Waals surface area contributed by atoms with Crippen LogP contribution in [0.3, 0.4) is 0 Å². The normalized spacial score (nSPS) is 10.1. The summed E-state index contributed by atoms with van der Waals surface area (Å²) in [6, 6.07) is 8.61. The van der Waals surface area contributed by atoms with Crippen molar-refractivity contribution in [2.75, 3.05) is 18.4 Å². The summed E-state index contributed by atoms with van der Waals surface area (Å²) in [5, 5.41) is 3.36. The number of benzene rings is 1. The summed E-state index contributed by atoms with van der Waals surface area (Å²) < 4.78 is 0. The van der Waals surface area contributed by atoms with Gasteiger partial charge in [-0.1, -0.05) is 25.5 Å². The first-order valence-corrected chi connectivity index (χ1v) is 5.39. The lowest BCUT2D eigenvalue weighted by Crippen LogP contribution is -2.08. The molecule has 0 saturated carbocycles. The van der Waals surface area contributed by atoms with Gasteiger partial charge in [-0.15, -0.1) is 0 Å². The Balaban J connectivity index is 2.46. The first-order chi connectivity index (χ1) is 6.86. The minimum absolute atomic E-state index is 0.752. The Labute approximate surface area is 86.5 Å². The molecule has 2 heteroatoms. The molecule has 2 nitrogen and oxygen atoms in total. The van der Waals surface area contributed by atoms with Crippen LogP contribution in [0.4, 0.5) is 5.69 Å². The van der Waals surface area contributed by atoms with Gasteiger partial charge in [0.2, 0.25) is 0 Å². The molecule has 0 aromatic heterocycles. The summed E-state index contributed by atoms with van der Waals surface area (Å²) >= 11 is 0. The smallest absolute Gasteiger partial charge is 0.0342 e. The maximum absolute atomic E-state index is 5.43. The molecule has 78 valence electrons. The Morgan fingerprint density at radius 3 is 2.93 bits per heavy atom. The van der Waals surface area contributed by atoms with Gasteiger partial charge < -0.3 is 11.1 Å². The van der Waals surface area contributed by atoms with Crippen LogP contribution in [0.2, 0.25) is 0 Å². The highest BCUT2D eigenvalue weighted by Crippen LogP contribution is 2.11. The fourth-order valence-electron chi connectivity index (χ4n) is 1.46. The molecule has 0 atom stereocenters. The van der Waals surface area contributed by atoms with Crippen LogP contribution >= 0.6 is 0 Å². The van der Waals surface area contributed by atoms with Crippen molar-refractivity contribution in [1.29, 1.82) is 0 Å². The van der Waals surface area contributed by atoms with Crippen LogP contribution in [0.25, 0.3) is 0 Å². The second-order valence-electron chi connectivity index (χ2n) is 3.52. The average Bonchev–Trinajstić information content (AvgIpc) is 2.19. The molecule has 0 aliphatic rings. The van der Waals surface area contributed by atoms with Crippen molar-refractivity contribution >= 4 is 5.69 Å². The number of hydrogen-bond acceptors (Lipinski definition) is 2. The zero-order valence-corrected chi connectivity index (χ0v) is 8.92. The number of aryl methyl sites for hydroxylation is 1. The SMILES string of the molecule is CCCc1cccc(NCCCN)c1. The van der Waals surface area contributed by atoms with Crippen molar-refractivity contribution in [3.8, 4) is 0 Å². The van der Waals surface area contributed by atoms with Crippen molar-refractivity contribution in [3.63, 3.8) is 0 Å². The molecule has 1 rings (SSSR count). The fourth-order valence-corrected chi connectivity index (χ4v) is 1.46. The van der Waals surface area contributed by atoms with Crippen LogP contribution in [0.1, 0.15) is 25.3 Å². The van der Waals surface area contributed by atoms with Gasteiger partial charge in [0.25, 0.3) is 0 Å². The standard InChI is InChI=1S/C12H20N2/c1-2-5-11-6-3-7-12(10-11)14-9-4-8-13/h3,6-7,10,14H,2,4-5,8-9,13H2,1H3. The van der Waals surface area contributed by atoms with Crippen LogP contribution < -0.4 is 11.1 Å². The molecule has 0 spiro atoms. The van der Waals surface area contributed by atoms with E-state index in [9.17, 15) is 0 Å². The highest BCUT2D eigenvalue weighted by molar-refractivity contribution is 5.45. The lowest BCUT2D eigenvalue weighted by molar-refractivity contribution is 0.873. The van der Waals surface area contributed by atoms with E-state index in [1.165, 1.54) is 17.7 Å². The average molecular weight is 192 g/mol. The van der Waals surface area contributed by atoms with Crippen LogP contribution in [0.5, 0.6) is 0 Å². The van der Waals surface area contributed by atoms with Gasteiger partial charge in [-0.05, 0) is 37.1 Å². The van der Waals surface area contributed by atoms with Crippen molar-refractivity contribution in [2.45, 2.75) is 26.2 Å². The molecule has 0 fully saturated rings. The minimum Gasteiger partial charge on any atom is -0.385 e. The Morgan fingerprint density at radius 2 is 2.21 bits per heavy atom. The monoisotopic (exact) mass is 192 g/mol. The van der Waals surface area contributed by atoms with Gasteiger partial charge in [-0.3, -0.25) is 0 Å². The molecule has 3 N–H and O–H groups in total. The summed E-state index contributed by atoms with van der Waals surface area (Å²) in [7, 11) is 0. The molecule has 0 amide bonds. The van der Waals surface area contributed by atoms with E-state index in [-0.39, 0.29) is 0 Å². The van der Waals surface area contributed by atoms with E-state index in [1.807, 2.05) is 0 Å². The van der Waals surface area contributed by atoms with E-state index in [0.29, 0.717) is 0 Å². The van der Waals surface area contributed by atoms with Crippen LogP contribution in [-0.4, -0.2) is 13.1 Å². The molecule has 0 radical (unpaired) electrons. The largest absolute Gasteiger partial charge is 0.385 e. The van der Waals surface area contributed by atoms with Gasteiger partial charge in [-0.25, -0.2) is 0 Å². The first-order valence-electron chi connectivity index (χ1n) is 5.39. The zero-order valence-electron chi connectivity index (χ0n) is 8.92. The molecule has 0 unspecified atom stereocenters. The zero-order chi connectivity index (χ0) is 10.2. The van der Waals surface area contributed by atoms with Gasteiger partial charge >= 0.3 is 0 Å². The van der Waals surface area contributed by atoms with E-state index in [2.05, 4.69) is 36.5 Å². The van der Waals surface area contributed by atoms with E-state index in [1.54, 1.807) is 0 Å². The Morgan fingerprint density at radius 1 is 1.36 bits per heavy atom. The van der Waals surface area contributed by atoms with Gasteiger partial charge in [0.1, 0.15) is 0 Å². The molecule has 0 bridgehead atoms. The van der Waals surface area contributed by atoms with E-state index in [0.717, 1.165) is 25.9 Å². The van der Waals surface area contributed by atoms with Crippen molar-refractivity contribution in [1.82, 2.24) is 0 Å². The van der Waals surface area contributed by atoms with Gasteiger partial charge in [0.05, 0.1) is 0 Å². The molecule has 0 aliphatic heterocycles. The van der Waals surface area contributed by atoms with Gasteiger partial charge in [0.15, 0.2) is 0 Å². The summed E-state index contributed by atoms with van der Waals surface area (Å²) in [6.45, 7) is 3.92. The lowest BCUT2D eigenvalue weighted by Gasteiger charge is -2.07. The predicted molar refractivity (Wildman–Crippen MR) is 62.6 cm³/mol. The third-order valence-corrected chi connectivity index (χ3v) is 2.18. The third kappa shape index (κ3) is 3.79. The molecule has 14 heavy (non-hydrogen) atoms. The maximum atomic E-state index is 5.43. The lowest BCUT2D eigenvalue weighted by atomic mass is 10.1. The van der Waals surface area contributed by atoms with Crippen LogP contribution in [0.15, 0.2) is 24.3 Å². The molecular formula is C12H20N2. The molecule has 0 heterocycles. The summed E-state index contributed by atoms with van der Waals surface area (Å²) in [6.07, 6.45) is 3.39. The van der Waals surface area contributed by atoms with E-state index < -0.39 is 0 Å². The summed E-state index contributed by atoms with van der Waals surface area (Å²) in [5.74, 6) is 0. The Bertz CT molecular complexity index is 258. The molecule has 1 aromatic rings. The van der Waals surface area contributed by atoms with Gasteiger partial charge in [0, 0.05) is 12.2 Å². The number of nitrogens with two attached hydrogens (primary N) is 1. The minimum atomic E-state index is 0.752. The Hall–Kier alpha value is -1.02. The van der Waals surface area contributed by atoms with E-state index >= 15 is 0 Å². The quantitative estimate of drug-likeness (QED) is 0.679. The second kappa shape index (κ2) is 6.44. The summed E-state index contributed by atoms with van der Waals surface area (Å²) in [5.41, 5.74) is 8.05. The topological polar surface area (TPSA) is 38.0 Å². The number of nitrogens with one attached hydrogen (secondary N) is 1. The number of hydrogen-bond donors (Lipinski definition) is 2. The maximum Gasteiger partial charge on any atom is 0.0342 e. The fraction of sp³-hybridized carbons (Fsp3) is 0.500. The second-order valence-corrected chi connectivity index (χ2v) is 3.52. The van der Waals surface area contributed by atoms with Crippen LogP contribution in [0, 0.1) is 0 Å². The third-order valence-electron chi connectivity index (χ3n) is 2.18. The highest BCUT2D eigenvalue weighted by Gasteiger charge is 1.94. The Kier molecular flexibility index (Phi) is 5.08. The van der Waals surface area contributed by atoms with Crippen molar-refractivity contribution in [3.05, 3.63) is 29.8 Å². The van der Waals surface area contributed by atoms with Crippen molar-refractivity contribution < 1.29 is 0 Å². The molecule has 0 aliphatic carbocycles. The number of anilines is 1. The van der Waals surface area contributed by atoms with Gasteiger partial charge in [-0.2, -0.15) is 0 Å². The first kappa shape index (κ1) is 11.1. The molecular weight excluding hydrogens is 172 g/mol. The molecule has 0 saturated heterocycles. The highest BCUT2D eigenvalue weighted by atomic mass is 14.9. The van der Waals surface area contributed by atoms with E-state index in [4.69, 9.17) is 5.73 Å². The number of rotatable bonds is 6. The summed E-state index contributed by atoms with van der Waals surface area (Å²) in [4.78, 5) is 0. The van der Waals surface area contributed by atoms with Crippen molar-refractivity contribution in [2.24, 2.45) is 5.73 Å².